The molecule has 0 N–H and O–H groups in total. The molecule has 1 aliphatic rings. The second-order valence-corrected chi connectivity index (χ2v) is 5.58. The van der Waals surface area contributed by atoms with E-state index < -0.39 is 5.76 Å². The van der Waals surface area contributed by atoms with E-state index in [0.29, 0.717) is 35.3 Å². The molecule has 7 nitrogen and oxygen atoms in total. The highest BCUT2D eigenvalue weighted by atomic mass is 35.5. The Labute approximate surface area is 143 Å². The van der Waals surface area contributed by atoms with Crippen molar-refractivity contribution in [1.29, 1.82) is 0 Å². The summed E-state index contributed by atoms with van der Waals surface area (Å²) >= 11 is 6.31. The van der Waals surface area contributed by atoms with E-state index >= 15 is 0 Å². The summed E-state index contributed by atoms with van der Waals surface area (Å²) in [4.78, 5) is 11.9. The molecule has 1 aromatic heterocycles. The first-order valence-electron chi connectivity index (χ1n) is 7.40. The second kappa shape index (κ2) is 7.11. The summed E-state index contributed by atoms with van der Waals surface area (Å²) in [5.41, 5.74) is 0.690. The molecule has 1 fully saturated rings. The normalized spacial score (nSPS) is 17.5. The zero-order valence-electron chi connectivity index (χ0n) is 13.3. The third-order valence-electron chi connectivity index (χ3n) is 3.76. The third kappa shape index (κ3) is 3.18. The summed E-state index contributed by atoms with van der Waals surface area (Å²) in [6.45, 7) is 1.09. The minimum absolute atomic E-state index is 0.0759. The fourth-order valence-electron chi connectivity index (χ4n) is 2.51. The number of rotatable bonds is 5. The minimum atomic E-state index is -0.497. The molecule has 128 valence electrons. The van der Waals surface area contributed by atoms with Crippen molar-refractivity contribution in [3.05, 3.63) is 39.2 Å². The van der Waals surface area contributed by atoms with E-state index in [2.05, 4.69) is 5.10 Å². The fraction of sp³-hybridized carbons (Fsp3) is 0.375. The second-order valence-electron chi connectivity index (χ2n) is 5.21. The summed E-state index contributed by atoms with van der Waals surface area (Å²) in [5, 5.41) is 4.59. The number of halogens is 1. The lowest BCUT2D eigenvalue weighted by Gasteiger charge is -2.10. The molecule has 2 heterocycles. The first-order chi connectivity index (χ1) is 11.6. The van der Waals surface area contributed by atoms with Crippen LogP contribution in [0.2, 0.25) is 5.02 Å². The number of nitrogens with zero attached hydrogens (tertiary/aromatic N) is 2. The van der Waals surface area contributed by atoms with Gasteiger partial charge in [0.2, 0.25) is 5.89 Å². The summed E-state index contributed by atoms with van der Waals surface area (Å²) < 4.78 is 22.2. The SMILES string of the molecule is COc1ccc(C=Cc2nn(C3CCOC3)c(=O)o2)c(Cl)c1OC. The van der Waals surface area contributed by atoms with Crippen molar-refractivity contribution in [2.75, 3.05) is 27.4 Å². The van der Waals surface area contributed by atoms with Crippen molar-refractivity contribution in [1.82, 2.24) is 9.78 Å². The molecule has 0 amide bonds. The molecule has 0 aliphatic carbocycles. The van der Waals surface area contributed by atoms with Crippen LogP contribution in [0, 0.1) is 0 Å². The van der Waals surface area contributed by atoms with Crippen LogP contribution in [0.5, 0.6) is 11.5 Å². The van der Waals surface area contributed by atoms with Crippen molar-refractivity contribution < 1.29 is 18.6 Å². The Bertz CT molecular complexity index is 805. The van der Waals surface area contributed by atoms with Gasteiger partial charge in [-0.2, -0.15) is 4.68 Å². The standard InChI is InChI=1S/C16H17ClN2O5/c1-21-12-5-3-10(14(17)15(12)22-2)4-6-13-18-19(16(20)24-13)11-7-8-23-9-11/h3-6,11H,7-9H2,1-2H3. The Morgan fingerprint density at radius 1 is 1.33 bits per heavy atom. The van der Waals surface area contributed by atoms with E-state index in [4.69, 9.17) is 30.2 Å². The van der Waals surface area contributed by atoms with Crippen LogP contribution in [-0.2, 0) is 4.74 Å². The van der Waals surface area contributed by atoms with Crippen molar-refractivity contribution in [2.45, 2.75) is 12.5 Å². The largest absolute Gasteiger partial charge is 0.493 e. The molecule has 0 bridgehead atoms. The molecule has 3 rings (SSSR count). The predicted molar refractivity (Wildman–Crippen MR) is 88.7 cm³/mol. The zero-order chi connectivity index (χ0) is 17.1. The Kier molecular flexibility index (Phi) is 4.92. The number of ether oxygens (including phenoxy) is 3. The predicted octanol–water partition coefficient (Wildman–Crippen LogP) is 2.64. The Balaban J connectivity index is 1.86. The van der Waals surface area contributed by atoms with Gasteiger partial charge in [-0.15, -0.1) is 5.10 Å². The first kappa shape index (κ1) is 16.6. The van der Waals surface area contributed by atoms with Gasteiger partial charge in [-0.05, 0) is 30.2 Å². The van der Waals surface area contributed by atoms with Gasteiger partial charge in [0.05, 0.1) is 31.9 Å². The quantitative estimate of drug-likeness (QED) is 0.823. The average molecular weight is 353 g/mol. The summed E-state index contributed by atoms with van der Waals surface area (Å²) in [5.74, 6) is 0.689. The van der Waals surface area contributed by atoms with Gasteiger partial charge in [0.25, 0.3) is 0 Å². The smallest absolute Gasteiger partial charge is 0.437 e. The van der Waals surface area contributed by atoms with Gasteiger partial charge in [-0.1, -0.05) is 11.6 Å². The van der Waals surface area contributed by atoms with Crippen LogP contribution >= 0.6 is 11.6 Å². The van der Waals surface area contributed by atoms with Crippen molar-refractivity contribution in [2.24, 2.45) is 0 Å². The first-order valence-corrected chi connectivity index (χ1v) is 7.77. The number of hydrogen-bond donors (Lipinski definition) is 0. The number of aromatic nitrogens is 2. The molecular weight excluding hydrogens is 336 g/mol. The topological polar surface area (TPSA) is 75.7 Å². The van der Waals surface area contributed by atoms with Gasteiger partial charge in [-0.3, -0.25) is 0 Å². The molecule has 1 aromatic carbocycles. The lowest BCUT2D eigenvalue weighted by atomic mass is 10.2. The van der Waals surface area contributed by atoms with Gasteiger partial charge < -0.3 is 18.6 Å². The van der Waals surface area contributed by atoms with E-state index in [0.717, 1.165) is 6.42 Å². The van der Waals surface area contributed by atoms with Gasteiger partial charge in [0, 0.05) is 12.7 Å². The molecule has 8 heteroatoms. The van der Waals surface area contributed by atoms with Crippen LogP contribution in [0.25, 0.3) is 12.2 Å². The molecule has 0 radical (unpaired) electrons. The van der Waals surface area contributed by atoms with Gasteiger partial charge in [0.15, 0.2) is 11.5 Å². The van der Waals surface area contributed by atoms with Crippen LogP contribution in [0.4, 0.5) is 0 Å². The van der Waals surface area contributed by atoms with Gasteiger partial charge in [0.1, 0.15) is 0 Å². The van der Waals surface area contributed by atoms with E-state index in [1.54, 1.807) is 24.3 Å². The Morgan fingerprint density at radius 2 is 2.17 bits per heavy atom. The monoisotopic (exact) mass is 352 g/mol. The Hall–Kier alpha value is -2.25. The van der Waals surface area contributed by atoms with Crippen LogP contribution < -0.4 is 15.2 Å². The highest BCUT2D eigenvalue weighted by Crippen LogP contribution is 2.37. The van der Waals surface area contributed by atoms with Crippen LogP contribution in [0.3, 0.4) is 0 Å². The van der Waals surface area contributed by atoms with Crippen molar-refractivity contribution in [3.8, 4) is 11.5 Å². The highest BCUT2D eigenvalue weighted by molar-refractivity contribution is 6.33. The van der Waals surface area contributed by atoms with Gasteiger partial charge >= 0.3 is 5.76 Å². The van der Waals surface area contributed by atoms with Crippen LogP contribution in [0.15, 0.2) is 21.3 Å². The molecule has 2 aromatic rings. The molecule has 1 unspecified atom stereocenters. The number of benzene rings is 1. The maximum absolute atomic E-state index is 11.9. The summed E-state index contributed by atoms with van der Waals surface area (Å²) in [6.07, 6.45) is 4.03. The van der Waals surface area contributed by atoms with E-state index in [1.165, 1.54) is 18.9 Å². The maximum atomic E-state index is 11.9. The molecule has 1 atom stereocenters. The lowest BCUT2D eigenvalue weighted by molar-refractivity contribution is 0.183. The maximum Gasteiger partial charge on any atom is 0.437 e. The molecular formula is C16H17ClN2O5. The fourth-order valence-corrected chi connectivity index (χ4v) is 2.81. The van der Waals surface area contributed by atoms with Crippen LogP contribution in [-0.4, -0.2) is 37.2 Å². The summed E-state index contributed by atoms with van der Waals surface area (Å²) in [7, 11) is 3.05. The molecule has 24 heavy (non-hydrogen) atoms. The zero-order valence-corrected chi connectivity index (χ0v) is 14.1. The molecule has 1 aliphatic heterocycles. The van der Waals surface area contributed by atoms with E-state index in [9.17, 15) is 4.79 Å². The molecule has 0 saturated carbocycles. The van der Waals surface area contributed by atoms with Crippen LogP contribution in [0.1, 0.15) is 23.9 Å². The van der Waals surface area contributed by atoms with Gasteiger partial charge in [-0.25, -0.2) is 4.79 Å². The van der Waals surface area contributed by atoms with Crippen molar-refractivity contribution >= 4 is 23.8 Å². The highest BCUT2D eigenvalue weighted by Gasteiger charge is 2.22. The minimum Gasteiger partial charge on any atom is -0.493 e. The van der Waals surface area contributed by atoms with Crippen molar-refractivity contribution in [3.63, 3.8) is 0 Å². The van der Waals surface area contributed by atoms with E-state index in [1.807, 2.05) is 0 Å². The summed E-state index contributed by atoms with van der Waals surface area (Å²) in [6, 6.07) is 3.45. The lowest BCUT2D eigenvalue weighted by Crippen LogP contribution is -2.22. The van der Waals surface area contributed by atoms with E-state index in [-0.39, 0.29) is 11.9 Å². The number of hydrogen-bond acceptors (Lipinski definition) is 6. The third-order valence-corrected chi connectivity index (χ3v) is 4.15. The molecule has 0 spiro atoms. The molecule has 1 saturated heterocycles. The Morgan fingerprint density at radius 3 is 2.83 bits per heavy atom. The average Bonchev–Trinajstić information content (AvgIpc) is 3.22. The number of methoxy groups -OCH3 is 2.